The van der Waals surface area contributed by atoms with Gasteiger partial charge in [-0.15, -0.1) is 11.3 Å². The Labute approximate surface area is 239 Å². The lowest BCUT2D eigenvalue weighted by atomic mass is 9.85. The summed E-state index contributed by atoms with van der Waals surface area (Å²) in [6.07, 6.45) is 0. The average Bonchev–Trinajstić information content (AvgIpc) is 3.45. The predicted octanol–water partition coefficient (Wildman–Crippen LogP) is 7.26. The number of hydrogen-bond acceptors (Lipinski definition) is 6. The Morgan fingerprint density at radius 3 is 2.15 bits per heavy atom. The molecule has 0 radical (unpaired) electrons. The summed E-state index contributed by atoms with van der Waals surface area (Å²) in [7, 11) is 3.89. The van der Waals surface area contributed by atoms with E-state index in [9.17, 15) is 14.7 Å². The third-order valence-corrected chi connectivity index (χ3v) is 8.42. The summed E-state index contributed by atoms with van der Waals surface area (Å²) in [5.41, 5.74) is 4.94. The van der Waals surface area contributed by atoms with E-state index in [0.29, 0.717) is 21.3 Å². The SMILES string of the molecule is Cc1nc(-c2ccccc2)sc1C(=O)C1=C(O)C(=O)N(c2ccc(N(C)C)cc2)C1c1ccc(C(C)(C)C)cc1. The van der Waals surface area contributed by atoms with E-state index in [1.165, 1.54) is 16.2 Å². The Bertz CT molecular complexity index is 1600. The van der Waals surface area contributed by atoms with Crippen LogP contribution in [0.2, 0.25) is 0 Å². The third kappa shape index (κ3) is 4.93. The minimum Gasteiger partial charge on any atom is -0.503 e. The topological polar surface area (TPSA) is 73.7 Å². The molecule has 0 saturated carbocycles. The largest absolute Gasteiger partial charge is 0.503 e. The number of Topliss-reactive ketones (excluding diaryl/α,β-unsaturated/α-hetero) is 1. The zero-order valence-corrected chi connectivity index (χ0v) is 24.4. The summed E-state index contributed by atoms with van der Waals surface area (Å²) in [4.78, 5) is 36.3. The van der Waals surface area contributed by atoms with Crippen LogP contribution >= 0.6 is 11.3 Å². The van der Waals surface area contributed by atoms with Gasteiger partial charge in [0.15, 0.2) is 5.76 Å². The molecule has 0 bridgehead atoms. The lowest BCUT2D eigenvalue weighted by Crippen LogP contribution is -2.31. The number of anilines is 2. The molecule has 1 amide bonds. The summed E-state index contributed by atoms with van der Waals surface area (Å²) in [6, 6.07) is 24.3. The highest BCUT2D eigenvalue weighted by Crippen LogP contribution is 2.44. The fraction of sp³-hybridized carbons (Fsp3) is 0.242. The van der Waals surface area contributed by atoms with Crippen molar-refractivity contribution in [3.05, 3.63) is 112 Å². The van der Waals surface area contributed by atoms with Gasteiger partial charge in [0.25, 0.3) is 5.91 Å². The third-order valence-electron chi connectivity index (χ3n) is 7.21. The minimum absolute atomic E-state index is 0.0596. The number of aliphatic hydroxyl groups excluding tert-OH is 1. The van der Waals surface area contributed by atoms with E-state index in [-0.39, 0.29) is 16.8 Å². The fourth-order valence-electron chi connectivity index (χ4n) is 4.93. The molecule has 1 aliphatic heterocycles. The monoisotopic (exact) mass is 551 g/mol. The van der Waals surface area contributed by atoms with Crippen LogP contribution in [-0.4, -0.2) is 35.9 Å². The molecule has 0 aliphatic carbocycles. The highest BCUT2D eigenvalue weighted by atomic mass is 32.1. The van der Waals surface area contributed by atoms with E-state index in [1.807, 2.05) is 97.9 Å². The van der Waals surface area contributed by atoms with Crippen molar-refractivity contribution in [2.45, 2.75) is 39.2 Å². The molecule has 7 heteroatoms. The number of hydrogen-bond donors (Lipinski definition) is 1. The van der Waals surface area contributed by atoms with Gasteiger partial charge in [-0.2, -0.15) is 0 Å². The van der Waals surface area contributed by atoms with Crippen LogP contribution in [0.3, 0.4) is 0 Å². The van der Waals surface area contributed by atoms with Gasteiger partial charge in [-0.25, -0.2) is 4.98 Å². The van der Waals surface area contributed by atoms with Gasteiger partial charge in [-0.3, -0.25) is 14.5 Å². The Morgan fingerprint density at radius 1 is 0.950 bits per heavy atom. The number of aryl methyl sites for hydroxylation is 1. The number of ketones is 1. The number of benzene rings is 3. The molecular formula is C33H33N3O3S. The van der Waals surface area contributed by atoms with Crippen molar-refractivity contribution in [2.24, 2.45) is 0 Å². The molecule has 0 saturated heterocycles. The Balaban J connectivity index is 1.62. The number of rotatable bonds is 6. The van der Waals surface area contributed by atoms with Crippen molar-refractivity contribution < 1.29 is 14.7 Å². The van der Waals surface area contributed by atoms with Crippen LogP contribution in [0.25, 0.3) is 10.6 Å². The normalized spacial score (nSPS) is 15.6. The van der Waals surface area contributed by atoms with Crippen molar-refractivity contribution in [1.82, 2.24) is 4.98 Å². The number of thiazole rings is 1. The zero-order valence-electron chi connectivity index (χ0n) is 23.6. The van der Waals surface area contributed by atoms with Crippen LogP contribution in [0.1, 0.15) is 53.3 Å². The van der Waals surface area contributed by atoms with Gasteiger partial charge in [0.1, 0.15) is 5.01 Å². The second kappa shape index (κ2) is 10.4. The number of carbonyl (C=O) groups is 2. The molecule has 3 aromatic carbocycles. The van der Waals surface area contributed by atoms with Gasteiger partial charge < -0.3 is 10.0 Å². The molecular weight excluding hydrogens is 518 g/mol. The van der Waals surface area contributed by atoms with Crippen molar-refractivity contribution in [2.75, 3.05) is 23.9 Å². The summed E-state index contributed by atoms with van der Waals surface area (Å²) >= 11 is 1.27. The van der Waals surface area contributed by atoms with Crippen molar-refractivity contribution in [3.8, 4) is 10.6 Å². The molecule has 5 rings (SSSR count). The molecule has 0 fully saturated rings. The molecule has 1 aliphatic rings. The standard InChI is InChI=1S/C33H33N3O3S/c1-20-30(40-31(34-20)22-10-8-7-9-11-22)28(37)26-27(21-12-14-23(15-13-21)33(2,3)4)36(32(39)29(26)38)25-18-16-24(17-19-25)35(5)6/h7-19,27,38H,1-6H3. The summed E-state index contributed by atoms with van der Waals surface area (Å²) in [5, 5.41) is 12.0. The van der Waals surface area contributed by atoms with Gasteiger partial charge >= 0.3 is 0 Å². The van der Waals surface area contributed by atoms with E-state index in [1.54, 1.807) is 6.92 Å². The zero-order chi connectivity index (χ0) is 28.8. The van der Waals surface area contributed by atoms with Gasteiger partial charge in [0.2, 0.25) is 5.78 Å². The van der Waals surface area contributed by atoms with E-state index in [2.05, 4.69) is 25.8 Å². The lowest BCUT2D eigenvalue weighted by molar-refractivity contribution is -0.117. The Hall–Kier alpha value is -4.23. The maximum atomic E-state index is 14.2. The molecule has 2 heterocycles. The molecule has 1 N–H and O–H groups in total. The van der Waals surface area contributed by atoms with E-state index in [0.717, 1.165) is 22.4 Å². The van der Waals surface area contributed by atoms with Crippen LogP contribution in [0.4, 0.5) is 11.4 Å². The first-order valence-corrected chi connectivity index (χ1v) is 14.0. The van der Waals surface area contributed by atoms with Crippen molar-refractivity contribution >= 4 is 34.4 Å². The molecule has 1 atom stereocenters. The number of aliphatic hydroxyl groups is 1. The van der Waals surface area contributed by atoms with Crippen LogP contribution in [0.5, 0.6) is 0 Å². The lowest BCUT2D eigenvalue weighted by Gasteiger charge is -2.28. The number of aromatic nitrogens is 1. The molecule has 6 nitrogen and oxygen atoms in total. The molecule has 4 aromatic rings. The number of amides is 1. The van der Waals surface area contributed by atoms with E-state index < -0.39 is 17.7 Å². The predicted molar refractivity (Wildman–Crippen MR) is 162 cm³/mol. The summed E-state index contributed by atoms with van der Waals surface area (Å²) < 4.78 is 0. The summed E-state index contributed by atoms with van der Waals surface area (Å²) in [6.45, 7) is 8.20. The summed E-state index contributed by atoms with van der Waals surface area (Å²) in [5.74, 6) is -1.52. The number of nitrogens with zero attached hydrogens (tertiary/aromatic N) is 3. The van der Waals surface area contributed by atoms with Crippen LogP contribution in [0.15, 0.2) is 90.2 Å². The molecule has 204 valence electrons. The van der Waals surface area contributed by atoms with Crippen LogP contribution in [0, 0.1) is 6.92 Å². The van der Waals surface area contributed by atoms with Crippen molar-refractivity contribution in [1.29, 1.82) is 0 Å². The van der Waals surface area contributed by atoms with E-state index in [4.69, 9.17) is 0 Å². The van der Waals surface area contributed by atoms with Gasteiger partial charge in [0, 0.05) is 31.0 Å². The first kappa shape index (κ1) is 27.3. The first-order chi connectivity index (χ1) is 19.0. The highest BCUT2D eigenvalue weighted by molar-refractivity contribution is 7.17. The Kier molecular flexibility index (Phi) is 7.10. The van der Waals surface area contributed by atoms with Gasteiger partial charge in [-0.05, 0) is 47.7 Å². The Morgan fingerprint density at radius 2 is 1.57 bits per heavy atom. The smallest absolute Gasteiger partial charge is 0.294 e. The van der Waals surface area contributed by atoms with Crippen LogP contribution in [-0.2, 0) is 10.2 Å². The average molecular weight is 552 g/mol. The molecule has 1 unspecified atom stereocenters. The maximum Gasteiger partial charge on any atom is 0.294 e. The quantitative estimate of drug-likeness (QED) is 0.255. The van der Waals surface area contributed by atoms with Crippen molar-refractivity contribution in [3.63, 3.8) is 0 Å². The molecule has 40 heavy (non-hydrogen) atoms. The second-order valence-electron chi connectivity index (χ2n) is 11.3. The molecule has 1 aromatic heterocycles. The molecule has 0 spiro atoms. The first-order valence-electron chi connectivity index (χ1n) is 13.2. The van der Waals surface area contributed by atoms with Crippen LogP contribution < -0.4 is 9.80 Å². The van der Waals surface area contributed by atoms with Gasteiger partial charge in [-0.1, -0.05) is 75.4 Å². The second-order valence-corrected chi connectivity index (χ2v) is 12.3. The highest BCUT2D eigenvalue weighted by Gasteiger charge is 2.45. The minimum atomic E-state index is -0.791. The van der Waals surface area contributed by atoms with Gasteiger partial charge in [0.05, 0.1) is 22.2 Å². The number of carbonyl (C=O) groups excluding carboxylic acids is 2. The fourth-order valence-corrected chi connectivity index (χ4v) is 5.96. The maximum absolute atomic E-state index is 14.2. The van der Waals surface area contributed by atoms with E-state index >= 15 is 0 Å².